The fourth-order valence-corrected chi connectivity index (χ4v) is 3.58. The van der Waals surface area contributed by atoms with Gasteiger partial charge in [-0.3, -0.25) is 9.67 Å². The van der Waals surface area contributed by atoms with Crippen LogP contribution in [-0.2, 0) is 13.6 Å². The Kier molecular flexibility index (Phi) is 6.43. The fraction of sp³-hybridized carbons (Fsp3) is 0.556. The van der Waals surface area contributed by atoms with Gasteiger partial charge in [0.1, 0.15) is 0 Å². The number of thiophene rings is 1. The van der Waals surface area contributed by atoms with E-state index in [1.165, 1.54) is 11.1 Å². The van der Waals surface area contributed by atoms with Crippen molar-refractivity contribution in [1.29, 1.82) is 0 Å². The molecule has 0 fully saturated rings. The Bertz CT molecular complexity index is 657. The highest BCUT2D eigenvalue weighted by Gasteiger charge is 2.15. The molecule has 2 rings (SSSR count). The summed E-state index contributed by atoms with van der Waals surface area (Å²) in [5.41, 5.74) is 3.79. The minimum absolute atomic E-state index is 0.420. The van der Waals surface area contributed by atoms with Gasteiger partial charge in [0, 0.05) is 46.0 Å². The van der Waals surface area contributed by atoms with Crippen LogP contribution < -0.4 is 5.32 Å². The second-order valence-corrected chi connectivity index (χ2v) is 7.39. The van der Waals surface area contributed by atoms with Crippen molar-refractivity contribution < 1.29 is 0 Å². The van der Waals surface area contributed by atoms with E-state index in [4.69, 9.17) is 0 Å². The Morgan fingerprint density at radius 1 is 1.42 bits per heavy atom. The number of aliphatic imine (C=N–C) groups is 1. The zero-order valence-electron chi connectivity index (χ0n) is 15.6. The average molecular weight is 348 g/mol. The second-order valence-electron chi connectivity index (χ2n) is 6.61. The summed E-state index contributed by atoms with van der Waals surface area (Å²) in [5, 5.41) is 12.4. The van der Waals surface area contributed by atoms with Crippen LogP contribution in [0.1, 0.15) is 49.4 Å². The molecule has 2 aromatic rings. The van der Waals surface area contributed by atoms with Crippen molar-refractivity contribution in [3.05, 3.63) is 39.8 Å². The van der Waals surface area contributed by atoms with Gasteiger partial charge in [-0.25, -0.2) is 0 Å². The molecule has 6 heteroatoms. The number of nitrogens with one attached hydrogen (secondary N) is 1. The van der Waals surface area contributed by atoms with E-state index in [-0.39, 0.29) is 0 Å². The number of nitrogens with zero attached hydrogens (tertiary/aromatic N) is 4. The van der Waals surface area contributed by atoms with Gasteiger partial charge in [0.15, 0.2) is 5.96 Å². The summed E-state index contributed by atoms with van der Waals surface area (Å²) in [7, 11) is 5.88. The lowest BCUT2D eigenvalue weighted by atomic mass is 10.1. The van der Waals surface area contributed by atoms with Crippen LogP contribution in [0, 0.1) is 0 Å². The third kappa shape index (κ3) is 4.60. The van der Waals surface area contributed by atoms with Gasteiger partial charge in [0.2, 0.25) is 0 Å². The predicted octanol–water partition coefficient (Wildman–Crippen LogP) is 3.42. The number of aryl methyl sites for hydroxylation is 1. The van der Waals surface area contributed by atoms with Crippen LogP contribution >= 0.6 is 11.3 Å². The monoisotopic (exact) mass is 347 g/mol. The van der Waals surface area contributed by atoms with Gasteiger partial charge in [0.05, 0.1) is 5.69 Å². The van der Waals surface area contributed by atoms with Crippen molar-refractivity contribution in [2.24, 2.45) is 12.0 Å². The Morgan fingerprint density at radius 3 is 2.75 bits per heavy atom. The van der Waals surface area contributed by atoms with Crippen LogP contribution in [0.3, 0.4) is 0 Å². The molecule has 0 aliphatic heterocycles. The van der Waals surface area contributed by atoms with Gasteiger partial charge in [-0.2, -0.15) is 16.4 Å². The first kappa shape index (κ1) is 18.5. The highest BCUT2D eigenvalue weighted by Crippen LogP contribution is 2.19. The first-order valence-corrected chi connectivity index (χ1v) is 9.33. The smallest absolute Gasteiger partial charge is 0.193 e. The second kappa shape index (κ2) is 8.33. The molecule has 1 atom stereocenters. The lowest BCUT2D eigenvalue weighted by Gasteiger charge is -2.23. The predicted molar refractivity (Wildman–Crippen MR) is 103 cm³/mol. The highest BCUT2D eigenvalue weighted by atomic mass is 32.1. The quantitative estimate of drug-likeness (QED) is 0.643. The van der Waals surface area contributed by atoms with E-state index >= 15 is 0 Å². The summed E-state index contributed by atoms with van der Waals surface area (Å²) in [6.45, 7) is 8.27. The maximum Gasteiger partial charge on any atom is 0.193 e. The number of guanidine groups is 1. The van der Waals surface area contributed by atoms with Crippen LogP contribution in [0.5, 0.6) is 0 Å². The molecule has 0 aliphatic carbocycles. The molecular weight excluding hydrogens is 318 g/mol. The topological polar surface area (TPSA) is 45.5 Å². The number of hydrogen-bond acceptors (Lipinski definition) is 3. The number of hydrogen-bond donors (Lipinski definition) is 1. The van der Waals surface area contributed by atoms with Gasteiger partial charge in [-0.05, 0) is 34.2 Å². The fourth-order valence-electron chi connectivity index (χ4n) is 2.80. The first-order chi connectivity index (χ1) is 11.4. The molecule has 132 valence electrons. The van der Waals surface area contributed by atoms with Gasteiger partial charge >= 0.3 is 0 Å². The van der Waals surface area contributed by atoms with E-state index in [0.717, 1.165) is 24.7 Å². The molecule has 0 radical (unpaired) electrons. The molecule has 2 aromatic heterocycles. The van der Waals surface area contributed by atoms with Crippen LogP contribution in [0.4, 0.5) is 0 Å². The minimum Gasteiger partial charge on any atom is -0.356 e. The lowest BCUT2D eigenvalue weighted by Crippen LogP contribution is -2.40. The van der Waals surface area contributed by atoms with Crippen molar-refractivity contribution in [1.82, 2.24) is 20.0 Å². The number of rotatable bonds is 6. The molecule has 0 aromatic carbocycles. The Hall–Kier alpha value is -1.82. The zero-order valence-corrected chi connectivity index (χ0v) is 16.4. The molecule has 1 N–H and O–H groups in total. The van der Waals surface area contributed by atoms with Crippen molar-refractivity contribution in [2.45, 2.75) is 39.2 Å². The summed E-state index contributed by atoms with van der Waals surface area (Å²) in [5.74, 6) is 1.80. The van der Waals surface area contributed by atoms with Crippen molar-refractivity contribution >= 4 is 17.3 Å². The molecule has 0 aliphatic rings. The van der Waals surface area contributed by atoms with Crippen molar-refractivity contribution in [3.8, 4) is 0 Å². The normalized spacial score (nSPS) is 13.4. The summed E-state index contributed by atoms with van der Waals surface area (Å²) in [6, 6.07) is 2.19. The third-order valence-electron chi connectivity index (χ3n) is 4.14. The molecule has 2 heterocycles. The largest absolute Gasteiger partial charge is 0.356 e. The van der Waals surface area contributed by atoms with Crippen molar-refractivity contribution in [2.75, 3.05) is 20.6 Å². The van der Waals surface area contributed by atoms with Gasteiger partial charge in [0.25, 0.3) is 0 Å². The summed E-state index contributed by atoms with van der Waals surface area (Å²) in [6.07, 6.45) is 2.10. The van der Waals surface area contributed by atoms with Crippen LogP contribution in [0.25, 0.3) is 0 Å². The molecule has 0 saturated heterocycles. The van der Waals surface area contributed by atoms with Gasteiger partial charge < -0.3 is 10.2 Å². The van der Waals surface area contributed by atoms with Crippen molar-refractivity contribution in [3.63, 3.8) is 0 Å². The maximum absolute atomic E-state index is 4.59. The summed E-state index contributed by atoms with van der Waals surface area (Å²) in [4.78, 5) is 6.58. The molecule has 1 unspecified atom stereocenters. The van der Waals surface area contributed by atoms with Crippen LogP contribution in [-0.4, -0.2) is 41.3 Å². The summed E-state index contributed by atoms with van der Waals surface area (Å²) < 4.78 is 1.90. The van der Waals surface area contributed by atoms with Crippen LogP contribution in [0.2, 0.25) is 0 Å². The maximum atomic E-state index is 4.59. The van der Waals surface area contributed by atoms with E-state index in [9.17, 15) is 0 Å². The van der Waals surface area contributed by atoms with E-state index in [2.05, 4.69) is 71.2 Å². The lowest BCUT2D eigenvalue weighted by molar-refractivity contribution is 0.470. The van der Waals surface area contributed by atoms with Crippen LogP contribution in [0.15, 0.2) is 28.0 Å². The zero-order chi connectivity index (χ0) is 17.7. The Balaban J connectivity index is 1.98. The molecule has 5 nitrogen and oxygen atoms in total. The van der Waals surface area contributed by atoms with Gasteiger partial charge in [-0.1, -0.05) is 20.8 Å². The SMILES string of the molecule is CN=C(NCC(C)c1ccsc1)N(C)Cc1cn(C)nc1C(C)C. The standard InChI is InChI=1S/C18H29N5S/c1-13(2)17-16(11-23(6)21-17)10-22(5)18(19-4)20-9-14(3)15-7-8-24-12-15/h7-8,11-14H,9-10H2,1-6H3,(H,19,20). The first-order valence-electron chi connectivity index (χ1n) is 8.38. The van der Waals surface area contributed by atoms with E-state index in [1.807, 2.05) is 18.8 Å². The van der Waals surface area contributed by atoms with Gasteiger partial charge in [-0.15, -0.1) is 0 Å². The molecule has 0 spiro atoms. The highest BCUT2D eigenvalue weighted by molar-refractivity contribution is 7.07. The number of aromatic nitrogens is 2. The molecule has 0 amide bonds. The average Bonchev–Trinajstić information content (AvgIpc) is 3.17. The molecular formula is C18H29N5S. The summed E-state index contributed by atoms with van der Waals surface area (Å²) >= 11 is 1.74. The van der Waals surface area contributed by atoms with E-state index in [0.29, 0.717) is 11.8 Å². The Labute approximate surface area is 149 Å². The van der Waals surface area contributed by atoms with E-state index < -0.39 is 0 Å². The minimum atomic E-state index is 0.420. The molecule has 0 bridgehead atoms. The third-order valence-corrected chi connectivity index (χ3v) is 4.84. The van der Waals surface area contributed by atoms with E-state index in [1.54, 1.807) is 11.3 Å². The molecule has 0 saturated carbocycles. The molecule has 24 heavy (non-hydrogen) atoms. The Morgan fingerprint density at radius 2 is 2.17 bits per heavy atom.